The van der Waals surface area contributed by atoms with Crippen molar-refractivity contribution in [3.05, 3.63) is 58.2 Å². The van der Waals surface area contributed by atoms with Gasteiger partial charge in [-0.25, -0.2) is 4.98 Å². The van der Waals surface area contributed by atoms with Crippen molar-refractivity contribution in [1.29, 1.82) is 0 Å². The first-order valence-corrected chi connectivity index (χ1v) is 10.6. The van der Waals surface area contributed by atoms with Gasteiger partial charge in [0.05, 0.1) is 17.8 Å². The highest BCUT2D eigenvalue weighted by Gasteiger charge is 2.20. The third kappa shape index (κ3) is 5.68. The first kappa shape index (κ1) is 19.6. The van der Waals surface area contributed by atoms with Crippen molar-refractivity contribution >= 4 is 34.9 Å². The zero-order valence-electron chi connectivity index (χ0n) is 15.9. The van der Waals surface area contributed by atoms with Gasteiger partial charge in [-0.2, -0.15) is 0 Å². The highest BCUT2D eigenvalue weighted by molar-refractivity contribution is 8.00. The second kappa shape index (κ2) is 8.27. The van der Waals surface area contributed by atoms with Gasteiger partial charge in [-0.1, -0.05) is 67.5 Å². The largest absolute Gasteiger partial charge is 0.338 e. The standard InChI is InChI=1S/C20H23N3O2S2/c1-13-5-7-14(8-6-13)11-26-19-21-15(12-27-19)9-17(24)22-18-10-16(23-25-18)20(2,3)4/h5-8,10,12H,9,11H2,1-4H3,(H,22,24). The molecule has 2 heterocycles. The predicted octanol–water partition coefficient (Wildman–Crippen LogP) is 5.21. The molecule has 0 saturated carbocycles. The lowest BCUT2D eigenvalue weighted by Gasteiger charge is -2.12. The van der Waals surface area contributed by atoms with E-state index in [0.29, 0.717) is 5.88 Å². The summed E-state index contributed by atoms with van der Waals surface area (Å²) in [6.07, 6.45) is 0.215. The smallest absolute Gasteiger partial charge is 0.232 e. The molecular weight excluding hydrogens is 378 g/mol. The van der Waals surface area contributed by atoms with Crippen LogP contribution in [0.5, 0.6) is 0 Å². The van der Waals surface area contributed by atoms with Crippen molar-refractivity contribution in [3.63, 3.8) is 0 Å². The number of aryl methyl sites for hydroxylation is 1. The minimum atomic E-state index is -0.160. The molecule has 27 heavy (non-hydrogen) atoms. The van der Waals surface area contributed by atoms with Gasteiger partial charge in [-0.05, 0) is 12.5 Å². The number of benzene rings is 1. The van der Waals surface area contributed by atoms with E-state index in [4.69, 9.17) is 4.52 Å². The third-order valence-corrected chi connectivity index (χ3v) is 6.04. The van der Waals surface area contributed by atoms with Gasteiger partial charge in [-0.15, -0.1) is 11.3 Å². The SMILES string of the molecule is Cc1ccc(CSc2nc(CC(=O)Nc3cc(C(C)(C)C)no3)cs2)cc1. The first-order valence-electron chi connectivity index (χ1n) is 8.69. The Morgan fingerprint density at radius 1 is 1.26 bits per heavy atom. The molecule has 0 radical (unpaired) electrons. The molecule has 0 aliphatic rings. The summed E-state index contributed by atoms with van der Waals surface area (Å²) in [5.74, 6) is 1.08. The molecule has 0 aliphatic carbocycles. The van der Waals surface area contributed by atoms with Gasteiger partial charge in [0.25, 0.3) is 0 Å². The molecule has 5 nitrogen and oxygen atoms in total. The van der Waals surface area contributed by atoms with Crippen LogP contribution in [0.15, 0.2) is 44.6 Å². The molecule has 3 rings (SSSR count). The molecule has 7 heteroatoms. The number of carbonyl (C=O) groups excluding carboxylic acids is 1. The Morgan fingerprint density at radius 2 is 2.00 bits per heavy atom. The van der Waals surface area contributed by atoms with E-state index in [9.17, 15) is 4.79 Å². The van der Waals surface area contributed by atoms with E-state index in [1.165, 1.54) is 11.1 Å². The van der Waals surface area contributed by atoms with Crippen LogP contribution in [0.4, 0.5) is 5.88 Å². The number of nitrogens with one attached hydrogen (secondary N) is 1. The van der Waals surface area contributed by atoms with Crippen LogP contribution in [-0.2, 0) is 22.4 Å². The molecule has 0 unspecified atom stereocenters. The molecule has 142 valence electrons. The third-order valence-electron chi connectivity index (χ3n) is 3.90. The fourth-order valence-corrected chi connectivity index (χ4v) is 4.10. The van der Waals surface area contributed by atoms with Crippen LogP contribution in [0.3, 0.4) is 0 Å². The van der Waals surface area contributed by atoms with Crippen LogP contribution in [0.25, 0.3) is 0 Å². The number of carbonyl (C=O) groups is 1. The summed E-state index contributed by atoms with van der Waals surface area (Å²) in [6.45, 7) is 8.21. The van der Waals surface area contributed by atoms with Crippen molar-refractivity contribution in [3.8, 4) is 0 Å². The first-order chi connectivity index (χ1) is 12.8. The van der Waals surface area contributed by atoms with Crippen molar-refractivity contribution < 1.29 is 9.32 Å². The van der Waals surface area contributed by atoms with E-state index >= 15 is 0 Å². The number of thiazole rings is 1. The number of hydrogen-bond acceptors (Lipinski definition) is 6. The molecule has 0 spiro atoms. The topological polar surface area (TPSA) is 68.0 Å². The van der Waals surface area contributed by atoms with Gasteiger partial charge in [0, 0.05) is 22.6 Å². The van der Waals surface area contributed by atoms with E-state index in [2.05, 4.69) is 46.6 Å². The molecule has 0 bridgehead atoms. The number of nitrogens with zero attached hydrogens (tertiary/aromatic N) is 2. The molecule has 0 saturated heterocycles. The van der Waals surface area contributed by atoms with Gasteiger partial charge < -0.3 is 4.52 Å². The Bertz CT molecular complexity index is 908. The van der Waals surface area contributed by atoms with Crippen molar-refractivity contribution in [2.24, 2.45) is 0 Å². The van der Waals surface area contributed by atoms with Crippen molar-refractivity contribution in [1.82, 2.24) is 10.1 Å². The lowest BCUT2D eigenvalue weighted by molar-refractivity contribution is -0.115. The lowest BCUT2D eigenvalue weighted by Crippen LogP contribution is -2.14. The lowest BCUT2D eigenvalue weighted by atomic mass is 9.92. The van der Waals surface area contributed by atoms with Crippen LogP contribution in [0, 0.1) is 6.92 Å². The number of amides is 1. The zero-order chi connectivity index (χ0) is 19.4. The molecular formula is C20H23N3O2S2. The maximum Gasteiger partial charge on any atom is 0.232 e. The molecule has 2 aromatic heterocycles. The summed E-state index contributed by atoms with van der Waals surface area (Å²) in [5, 5.41) is 8.68. The van der Waals surface area contributed by atoms with Crippen LogP contribution >= 0.6 is 23.1 Å². The Morgan fingerprint density at radius 3 is 2.67 bits per heavy atom. The Balaban J connectivity index is 1.51. The van der Waals surface area contributed by atoms with Gasteiger partial charge in [-0.3, -0.25) is 10.1 Å². The van der Waals surface area contributed by atoms with Crippen LogP contribution in [0.2, 0.25) is 0 Å². The molecule has 3 aromatic rings. The summed E-state index contributed by atoms with van der Waals surface area (Å²) in [6, 6.07) is 10.3. The van der Waals surface area contributed by atoms with E-state index in [1.54, 1.807) is 29.2 Å². The maximum absolute atomic E-state index is 12.2. The van der Waals surface area contributed by atoms with E-state index < -0.39 is 0 Å². The predicted molar refractivity (Wildman–Crippen MR) is 110 cm³/mol. The van der Waals surface area contributed by atoms with Crippen molar-refractivity contribution in [2.45, 2.75) is 49.6 Å². The minimum Gasteiger partial charge on any atom is -0.338 e. The summed E-state index contributed by atoms with van der Waals surface area (Å²) in [5.41, 5.74) is 3.97. The summed E-state index contributed by atoms with van der Waals surface area (Å²) < 4.78 is 6.16. The highest BCUT2D eigenvalue weighted by atomic mass is 32.2. The average molecular weight is 402 g/mol. The normalized spacial score (nSPS) is 11.6. The Hall–Kier alpha value is -2.12. The van der Waals surface area contributed by atoms with Crippen LogP contribution in [0.1, 0.15) is 43.3 Å². The fourth-order valence-electron chi connectivity index (χ4n) is 2.30. The second-order valence-electron chi connectivity index (χ2n) is 7.43. The van der Waals surface area contributed by atoms with Gasteiger partial charge >= 0.3 is 0 Å². The number of aromatic nitrogens is 2. The van der Waals surface area contributed by atoms with E-state index in [1.807, 2.05) is 26.2 Å². The van der Waals surface area contributed by atoms with Crippen molar-refractivity contribution in [2.75, 3.05) is 5.32 Å². The number of thioether (sulfide) groups is 1. The quantitative estimate of drug-likeness (QED) is 0.574. The molecule has 1 aromatic carbocycles. The Kier molecular flexibility index (Phi) is 6.01. The minimum absolute atomic E-state index is 0.120. The monoisotopic (exact) mass is 401 g/mol. The molecule has 0 atom stereocenters. The number of hydrogen-bond donors (Lipinski definition) is 1. The summed E-state index contributed by atoms with van der Waals surface area (Å²) >= 11 is 3.25. The molecule has 0 fully saturated rings. The number of rotatable bonds is 6. The zero-order valence-corrected chi connectivity index (χ0v) is 17.5. The summed E-state index contributed by atoms with van der Waals surface area (Å²) in [7, 11) is 0. The maximum atomic E-state index is 12.2. The van der Waals surface area contributed by atoms with Gasteiger partial charge in [0.2, 0.25) is 11.8 Å². The molecule has 0 aliphatic heterocycles. The average Bonchev–Trinajstić information content (AvgIpc) is 3.23. The molecule has 1 N–H and O–H groups in total. The van der Waals surface area contributed by atoms with E-state index in [-0.39, 0.29) is 17.7 Å². The van der Waals surface area contributed by atoms with Gasteiger partial charge in [0.1, 0.15) is 4.34 Å². The van der Waals surface area contributed by atoms with E-state index in [0.717, 1.165) is 21.5 Å². The summed E-state index contributed by atoms with van der Waals surface area (Å²) in [4.78, 5) is 16.8. The number of anilines is 1. The highest BCUT2D eigenvalue weighted by Crippen LogP contribution is 2.27. The fraction of sp³-hybridized carbons (Fsp3) is 0.350. The second-order valence-corrected chi connectivity index (χ2v) is 9.51. The van der Waals surface area contributed by atoms with Crippen LogP contribution in [-0.4, -0.2) is 16.0 Å². The Labute approximate surface area is 167 Å². The van der Waals surface area contributed by atoms with Gasteiger partial charge in [0.15, 0.2) is 0 Å². The molecule has 1 amide bonds. The van der Waals surface area contributed by atoms with Crippen LogP contribution < -0.4 is 5.32 Å².